The van der Waals surface area contributed by atoms with Crippen LogP contribution < -0.4 is 5.32 Å². The van der Waals surface area contributed by atoms with Crippen molar-refractivity contribution in [3.8, 4) is 0 Å². The SMILES string of the molecule is O=C(NC1CCN(C(=O)N2CCCC2)CC1)c1cccc2ncsc12. The number of hydrogen-bond donors (Lipinski definition) is 1. The molecule has 0 saturated carbocycles. The van der Waals surface area contributed by atoms with Crippen LogP contribution in [-0.2, 0) is 0 Å². The van der Waals surface area contributed by atoms with Crippen molar-refractivity contribution in [1.29, 1.82) is 0 Å². The first-order valence-electron chi connectivity index (χ1n) is 8.89. The summed E-state index contributed by atoms with van der Waals surface area (Å²) >= 11 is 1.49. The van der Waals surface area contributed by atoms with E-state index in [0.29, 0.717) is 18.7 Å². The maximum absolute atomic E-state index is 12.6. The second kappa shape index (κ2) is 7.00. The fourth-order valence-corrected chi connectivity index (χ4v) is 4.45. The van der Waals surface area contributed by atoms with Crippen molar-refractivity contribution in [2.75, 3.05) is 26.2 Å². The molecule has 0 unspecified atom stereocenters. The number of aromatic nitrogens is 1. The lowest BCUT2D eigenvalue weighted by molar-refractivity contribution is 0.0914. The van der Waals surface area contributed by atoms with E-state index < -0.39 is 0 Å². The maximum Gasteiger partial charge on any atom is 0.319 e. The van der Waals surface area contributed by atoms with E-state index in [1.807, 2.05) is 28.0 Å². The van der Waals surface area contributed by atoms with Crippen molar-refractivity contribution in [2.45, 2.75) is 31.7 Å². The minimum absolute atomic E-state index is 0.0424. The highest BCUT2D eigenvalue weighted by atomic mass is 32.1. The van der Waals surface area contributed by atoms with Crippen molar-refractivity contribution in [3.63, 3.8) is 0 Å². The summed E-state index contributed by atoms with van der Waals surface area (Å²) in [5, 5.41) is 3.13. The molecule has 4 rings (SSSR count). The van der Waals surface area contributed by atoms with Crippen LogP contribution >= 0.6 is 11.3 Å². The number of thiazole rings is 1. The van der Waals surface area contributed by atoms with Gasteiger partial charge in [-0.3, -0.25) is 4.79 Å². The lowest BCUT2D eigenvalue weighted by atomic mass is 10.0. The molecule has 0 bridgehead atoms. The van der Waals surface area contributed by atoms with Crippen LogP contribution in [0.4, 0.5) is 4.79 Å². The van der Waals surface area contributed by atoms with E-state index in [-0.39, 0.29) is 18.0 Å². The van der Waals surface area contributed by atoms with Crippen LogP contribution in [0.3, 0.4) is 0 Å². The highest BCUT2D eigenvalue weighted by Crippen LogP contribution is 2.23. The van der Waals surface area contributed by atoms with Gasteiger partial charge in [0, 0.05) is 32.2 Å². The molecule has 6 nitrogen and oxygen atoms in total. The average Bonchev–Trinajstić information content (AvgIpc) is 3.33. The summed E-state index contributed by atoms with van der Waals surface area (Å²) in [4.78, 5) is 33.2. The predicted octanol–water partition coefficient (Wildman–Crippen LogP) is 2.71. The quantitative estimate of drug-likeness (QED) is 0.898. The third-order valence-electron chi connectivity index (χ3n) is 5.08. The number of nitrogens with one attached hydrogen (secondary N) is 1. The first-order valence-corrected chi connectivity index (χ1v) is 9.77. The predicted molar refractivity (Wildman–Crippen MR) is 97.9 cm³/mol. The number of fused-ring (bicyclic) bond motifs is 1. The van der Waals surface area contributed by atoms with Crippen LogP contribution in [0.2, 0.25) is 0 Å². The Morgan fingerprint density at radius 2 is 1.80 bits per heavy atom. The van der Waals surface area contributed by atoms with Gasteiger partial charge in [0.05, 0.1) is 21.3 Å². The number of rotatable bonds is 2. The number of likely N-dealkylation sites (tertiary alicyclic amines) is 2. The molecule has 1 aromatic carbocycles. The van der Waals surface area contributed by atoms with E-state index in [9.17, 15) is 9.59 Å². The minimum atomic E-state index is -0.0424. The molecule has 1 N–H and O–H groups in total. The van der Waals surface area contributed by atoms with Gasteiger partial charge in [0.25, 0.3) is 5.91 Å². The normalized spacial score (nSPS) is 18.7. The maximum atomic E-state index is 12.6. The number of nitrogens with zero attached hydrogens (tertiary/aromatic N) is 3. The molecule has 1 aromatic heterocycles. The van der Waals surface area contributed by atoms with E-state index >= 15 is 0 Å². The summed E-state index contributed by atoms with van der Waals surface area (Å²) in [7, 11) is 0. The number of hydrogen-bond acceptors (Lipinski definition) is 4. The molecule has 2 saturated heterocycles. The van der Waals surface area contributed by atoms with E-state index in [2.05, 4.69) is 10.3 Å². The van der Waals surface area contributed by atoms with Crippen LogP contribution in [0.1, 0.15) is 36.0 Å². The van der Waals surface area contributed by atoms with Crippen LogP contribution in [0.25, 0.3) is 10.2 Å². The number of urea groups is 1. The molecule has 2 aliphatic heterocycles. The van der Waals surface area contributed by atoms with Crippen molar-refractivity contribution in [1.82, 2.24) is 20.1 Å². The molecule has 2 aromatic rings. The van der Waals surface area contributed by atoms with Crippen molar-refractivity contribution < 1.29 is 9.59 Å². The molecule has 0 aliphatic carbocycles. The molecular weight excluding hydrogens is 336 g/mol. The Labute approximate surface area is 150 Å². The van der Waals surface area contributed by atoms with Gasteiger partial charge in [-0.1, -0.05) is 6.07 Å². The van der Waals surface area contributed by atoms with E-state index in [1.165, 1.54) is 11.3 Å². The molecule has 3 amide bonds. The summed E-state index contributed by atoms with van der Waals surface area (Å²) in [6.07, 6.45) is 3.84. The fourth-order valence-electron chi connectivity index (χ4n) is 3.65. The molecular formula is C18H22N4O2S. The average molecular weight is 358 g/mol. The molecule has 2 aliphatic rings. The Kier molecular flexibility index (Phi) is 4.57. The molecule has 25 heavy (non-hydrogen) atoms. The third kappa shape index (κ3) is 3.33. The first-order chi connectivity index (χ1) is 12.2. The molecule has 132 valence electrons. The standard InChI is InChI=1S/C18H22N4O2S/c23-17(14-4-3-5-15-16(14)25-12-19-15)20-13-6-10-22(11-7-13)18(24)21-8-1-2-9-21/h3-5,12-13H,1-2,6-11H2,(H,20,23). The zero-order chi connectivity index (χ0) is 17.2. The Morgan fingerprint density at radius 3 is 2.56 bits per heavy atom. The van der Waals surface area contributed by atoms with Gasteiger partial charge < -0.3 is 15.1 Å². The van der Waals surface area contributed by atoms with Gasteiger partial charge in [-0.05, 0) is 37.8 Å². The second-order valence-corrected chi connectivity index (χ2v) is 7.57. The van der Waals surface area contributed by atoms with Crippen molar-refractivity contribution in [2.24, 2.45) is 0 Å². The van der Waals surface area contributed by atoms with Gasteiger partial charge in [0.2, 0.25) is 0 Å². The largest absolute Gasteiger partial charge is 0.349 e. The van der Waals surface area contributed by atoms with Crippen LogP contribution in [0, 0.1) is 0 Å². The zero-order valence-corrected chi connectivity index (χ0v) is 14.9. The molecule has 2 fully saturated rings. The zero-order valence-electron chi connectivity index (χ0n) is 14.1. The van der Waals surface area contributed by atoms with Gasteiger partial charge in [0.1, 0.15) is 0 Å². The third-order valence-corrected chi connectivity index (χ3v) is 5.95. The van der Waals surface area contributed by atoms with E-state index in [1.54, 1.807) is 5.51 Å². The monoisotopic (exact) mass is 358 g/mol. The highest BCUT2D eigenvalue weighted by Gasteiger charge is 2.28. The molecule has 0 atom stereocenters. The van der Waals surface area contributed by atoms with Crippen LogP contribution in [0.15, 0.2) is 23.7 Å². The summed E-state index contributed by atoms with van der Waals surface area (Å²) < 4.78 is 0.932. The van der Waals surface area contributed by atoms with Crippen LogP contribution in [0.5, 0.6) is 0 Å². The van der Waals surface area contributed by atoms with Gasteiger partial charge >= 0.3 is 6.03 Å². The number of benzene rings is 1. The first kappa shape index (κ1) is 16.3. The molecule has 0 radical (unpaired) electrons. The van der Waals surface area contributed by atoms with Crippen molar-refractivity contribution >= 4 is 33.5 Å². The molecule has 0 spiro atoms. The van der Waals surface area contributed by atoms with E-state index in [0.717, 1.165) is 49.0 Å². The van der Waals surface area contributed by atoms with Crippen LogP contribution in [-0.4, -0.2) is 58.9 Å². The summed E-state index contributed by atoms with van der Waals surface area (Å²) in [6.45, 7) is 3.19. The Bertz CT molecular complexity index is 776. The van der Waals surface area contributed by atoms with E-state index in [4.69, 9.17) is 0 Å². The molecule has 7 heteroatoms. The Hall–Kier alpha value is -2.15. The topological polar surface area (TPSA) is 65.5 Å². The number of carbonyl (C=O) groups is 2. The summed E-state index contributed by atoms with van der Waals surface area (Å²) in [5.41, 5.74) is 3.32. The Morgan fingerprint density at radius 1 is 1.08 bits per heavy atom. The van der Waals surface area contributed by atoms with Gasteiger partial charge in [0.15, 0.2) is 0 Å². The Balaban J connectivity index is 1.34. The van der Waals surface area contributed by atoms with Gasteiger partial charge in [-0.2, -0.15) is 0 Å². The number of piperidine rings is 1. The molecule has 3 heterocycles. The highest BCUT2D eigenvalue weighted by molar-refractivity contribution is 7.17. The fraction of sp³-hybridized carbons (Fsp3) is 0.500. The lowest BCUT2D eigenvalue weighted by Crippen LogP contribution is -2.50. The van der Waals surface area contributed by atoms with Gasteiger partial charge in [-0.25, -0.2) is 9.78 Å². The summed E-state index contributed by atoms with van der Waals surface area (Å²) in [6, 6.07) is 5.93. The number of amides is 3. The number of carbonyl (C=O) groups excluding carboxylic acids is 2. The minimum Gasteiger partial charge on any atom is -0.349 e. The second-order valence-electron chi connectivity index (χ2n) is 6.72. The smallest absolute Gasteiger partial charge is 0.319 e. The van der Waals surface area contributed by atoms with Gasteiger partial charge in [-0.15, -0.1) is 11.3 Å². The van der Waals surface area contributed by atoms with Crippen molar-refractivity contribution in [3.05, 3.63) is 29.3 Å². The summed E-state index contributed by atoms with van der Waals surface area (Å²) in [5.74, 6) is -0.0424. The lowest BCUT2D eigenvalue weighted by Gasteiger charge is -2.34.